The summed E-state index contributed by atoms with van der Waals surface area (Å²) in [6.45, 7) is 3.61. The minimum absolute atomic E-state index is 0.166. The van der Waals surface area contributed by atoms with Gasteiger partial charge in [0.1, 0.15) is 17.3 Å². The van der Waals surface area contributed by atoms with Crippen molar-refractivity contribution in [2.24, 2.45) is 0 Å². The van der Waals surface area contributed by atoms with E-state index in [2.05, 4.69) is 21.6 Å². The molecule has 0 bridgehead atoms. The topological polar surface area (TPSA) is 61.9 Å². The lowest BCUT2D eigenvalue weighted by Gasteiger charge is -2.38. The maximum atomic E-state index is 13.5. The second-order valence-electron chi connectivity index (χ2n) is 8.15. The van der Waals surface area contributed by atoms with Gasteiger partial charge >= 0.3 is 0 Å². The summed E-state index contributed by atoms with van der Waals surface area (Å²) in [6.07, 6.45) is 0. The SMILES string of the molecule is CN1CCN(C(CNS(=O)(=O)c2ccc(Oc3ccccc3)cc2)c2ccc(F)cc2)CC1. The Morgan fingerprint density at radius 1 is 0.879 bits per heavy atom. The van der Waals surface area contributed by atoms with E-state index in [4.69, 9.17) is 4.74 Å². The van der Waals surface area contributed by atoms with E-state index in [-0.39, 0.29) is 23.3 Å². The summed E-state index contributed by atoms with van der Waals surface area (Å²) in [5.41, 5.74) is 0.885. The molecule has 3 aromatic rings. The van der Waals surface area contributed by atoms with E-state index in [1.54, 1.807) is 24.3 Å². The van der Waals surface area contributed by atoms with Gasteiger partial charge in [0.25, 0.3) is 0 Å². The zero-order valence-corrected chi connectivity index (χ0v) is 19.3. The fourth-order valence-electron chi connectivity index (χ4n) is 3.86. The van der Waals surface area contributed by atoms with Gasteiger partial charge in [-0.05, 0) is 61.1 Å². The summed E-state index contributed by atoms with van der Waals surface area (Å²) >= 11 is 0. The van der Waals surface area contributed by atoms with Crippen LogP contribution in [0.4, 0.5) is 4.39 Å². The van der Waals surface area contributed by atoms with Gasteiger partial charge in [0, 0.05) is 38.8 Å². The molecule has 0 aliphatic carbocycles. The highest BCUT2D eigenvalue weighted by molar-refractivity contribution is 7.89. The van der Waals surface area contributed by atoms with Crippen LogP contribution in [0.25, 0.3) is 0 Å². The normalized spacial score (nSPS) is 16.4. The molecule has 1 unspecified atom stereocenters. The molecule has 1 atom stereocenters. The summed E-state index contributed by atoms with van der Waals surface area (Å²) in [4.78, 5) is 4.65. The van der Waals surface area contributed by atoms with Gasteiger partial charge in [-0.3, -0.25) is 4.90 Å². The van der Waals surface area contributed by atoms with Gasteiger partial charge in [0.05, 0.1) is 4.90 Å². The summed E-state index contributed by atoms with van der Waals surface area (Å²) < 4.78 is 47.9. The van der Waals surface area contributed by atoms with Crippen LogP contribution in [0.15, 0.2) is 83.8 Å². The number of piperazine rings is 1. The van der Waals surface area contributed by atoms with Crippen LogP contribution in [0.3, 0.4) is 0 Å². The molecule has 0 saturated carbocycles. The quantitative estimate of drug-likeness (QED) is 0.543. The molecule has 1 heterocycles. The smallest absolute Gasteiger partial charge is 0.240 e. The molecule has 6 nitrogen and oxygen atoms in total. The van der Waals surface area contributed by atoms with E-state index in [9.17, 15) is 12.8 Å². The van der Waals surface area contributed by atoms with Crippen LogP contribution < -0.4 is 9.46 Å². The van der Waals surface area contributed by atoms with Gasteiger partial charge in [-0.2, -0.15) is 0 Å². The average molecular weight is 470 g/mol. The van der Waals surface area contributed by atoms with Crippen molar-refractivity contribution in [3.8, 4) is 11.5 Å². The first kappa shape index (κ1) is 23.4. The lowest BCUT2D eigenvalue weighted by molar-refractivity contribution is 0.113. The van der Waals surface area contributed by atoms with Crippen LogP contribution in [0, 0.1) is 5.82 Å². The Bertz CT molecular complexity index is 1130. The summed E-state index contributed by atoms with van der Waals surface area (Å²) in [7, 11) is -1.66. The second kappa shape index (κ2) is 10.4. The van der Waals surface area contributed by atoms with E-state index in [1.165, 1.54) is 24.3 Å². The number of ether oxygens (including phenoxy) is 1. The van der Waals surface area contributed by atoms with E-state index in [0.717, 1.165) is 31.7 Å². The second-order valence-corrected chi connectivity index (χ2v) is 9.91. The number of rotatable bonds is 8. The van der Waals surface area contributed by atoms with Crippen LogP contribution in [-0.4, -0.2) is 58.0 Å². The van der Waals surface area contributed by atoms with Crippen molar-refractivity contribution in [3.05, 3.63) is 90.2 Å². The number of likely N-dealkylation sites (N-methyl/N-ethyl adjacent to an activating group) is 1. The van der Waals surface area contributed by atoms with Gasteiger partial charge in [-0.25, -0.2) is 17.5 Å². The number of hydrogen-bond donors (Lipinski definition) is 1. The van der Waals surface area contributed by atoms with Gasteiger partial charge in [-0.15, -0.1) is 0 Å². The summed E-state index contributed by atoms with van der Waals surface area (Å²) in [6, 6.07) is 21.7. The van der Waals surface area contributed by atoms with Crippen molar-refractivity contribution < 1.29 is 17.5 Å². The van der Waals surface area contributed by atoms with Crippen LogP contribution in [0.5, 0.6) is 11.5 Å². The van der Waals surface area contributed by atoms with Crippen molar-refractivity contribution in [2.45, 2.75) is 10.9 Å². The molecule has 8 heteroatoms. The Kier molecular flexibility index (Phi) is 7.39. The summed E-state index contributed by atoms with van der Waals surface area (Å²) in [5, 5.41) is 0. The zero-order chi connectivity index (χ0) is 23.3. The van der Waals surface area contributed by atoms with Crippen molar-refractivity contribution in [1.29, 1.82) is 0 Å². The van der Waals surface area contributed by atoms with Gasteiger partial charge in [0.2, 0.25) is 10.0 Å². The molecule has 1 fully saturated rings. The lowest BCUT2D eigenvalue weighted by Crippen LogP contribution is -2.48. The Hall–Kier alpha value is -2.78. The van der Waals surface area contributed by atoms with Crippen LogP contribution in [0.1, 0.15) is 11.6 Å². The monoisotopic (exact) mass is 469 g/mol. The van der Waals surface area contributed by atoms with Gasteiger partial charge in [-0.1, -0.05) is 30.3 Å². The number of nitrogens with zero attached hydrogens (tertiary/aromatic N) is 2. The molecule has 0 aromatic heterocycles. The minimum Gasteiger partial charge on any atom is -0.457 e. The van der Waals surface area contributed by atoms with Crippen LogP contribution >= 0.6 is 0 Å². The molecular formula is C25H28FN3O3S. The summed E-state index contributed by atoms with van der Waals surface area (Å²) in [5.74, 6) is 0.927. The highest BCUT2D eigenvalue weighted by Crippen LogP contribution is 2.25. The Morgan fingerprint density at radius 3 is 2.12 bits per heavy atom. The number of para-hydroxylation sites is 1. The zero-order valence-electron chi connectivity index (χ0n) is 18.5. The standard InChI is InChI=1S/C25H28FN3O3S/c1-28-15-17-29(18-16-28)25(20-7-9-21(26)10-8-20)19-27-33(30,31)24-13-11-23(12-14-24)32-22-5-3-2-4-6-22/h2-14,25,27H,15-19H2,1H3. The number of nitrogens with one attached hydrogen (secondary N) is 1. The third kappa shape index (κ3) is 6.17. The molecule has 1 aliphatic heterocycles. The first-order valence-electron chi connectivity index (χ1n) is 10.9. The maximum absolute atomic E-state index is 13.5. The van der Waals surface area contributed by atoms with Crippen molar-refractivity contribution in [2.75, 3.05) is 39.8 Å². The molecule has 0 amide bonds. The van der Waals surface area contributed by atoms with E-state index in [1.807, 2.05) is 30.3 Å². The van der Waals surface area contributed by atoms with Crippen molar-refractivity contribution in [3.63, 3.8) is 0 Å². The molecule has 1 aliphatic rings. The van der Waals surface area contributed by atoms with Gasteiger partial charge < -0.3 is 9.64 Å². The third-order valence-corrected chi connectivity index (χ3v) is 7.25. The molecule has 33 heavy (non-hydrogen) atoms. The fraction of sp³-hybridized carbons (Fsp3) is 0.280. The number of halogens is 1. The maximum Gasteiger partial charge on any atom is 0.240 e. The molecule has 174 valence electrons. The number of hydrogen-bond acceptors (Lipinski definition) is 5. The lowest BCUT2D eigenvalue weighted by atomic mass is 10.0. The first-order valence-corrected chi connectivity index (χ1v) is 12.4. The molecule has 0 radical (unpaired) electrons. The Labute approximate surface area is 194 Å². The molecule has 0 spiro atoms. The predicted molar refractivity (Wildman–Crippen MR) is 126 cm³/mol. The predicted octanol–water partition coefficient (Wildman–Crippen LogP) is 3.89. The highest BCUT2D eigenvalue weighted by atomic mass is 32.2. The molecule has 4 rings (SSSR count). The molecule has 1 N–H and O–H groups in total. The average Bonchev–Trinajstić information content (AvgIpc) is 2.82. The van der Waals surface area contributed by atoms with E-state index in [0.29, 0.717) is 11.5 Å². The van der Waals surface area contributed by atoms with Crippen molar-refractivity contribution in [1.82, 2.24) is 14.5 Å². The number of sulfonamides is 1. The van der Waals surface area contributed by atoms with E-state index < -0.39 is 10.0 Å². The largest absolute Gasteiger partial charge is 0.457 e. The highest BCUT2D eigenvalue weighted by Gasteiger charge is 2.26. The first-order chi connectivity index (χ1) is 15.9. The Morgan fingerprint density at radius 2 is 1.48 bits per heavy atom. The van der Waals surface area contributed by atoms with Crippen molar-refractivity contribution >= 4 is 10.0 Å². The van der Waals surface area contributed by atoms with Crippen LogP contribution in [0.2, 0.25) is 0 Å². The van der Waals surface area contributed by atoms with Crippen LogP contribution in [-0.2, 0) is 10.0 Å². The van der Waals surface area contributed by atoms with Gasteiger partial charge in [0.15, 0.2) is 0 Å². The van der Waals surface area contributed by atoms with E-state index >= 15 is 0 Å². The molecular weight excluding hydrogens is 441 g/mol. The fourth-order valence-corrected chi connectivity index (χ4v) is 4.90. The third-order valence-electron chi connectivity index (χ3n) is 5.81. The Balaban J connectivity index is 1.46. The number of benzene rings is 3. The molecule has 1 saturated heterocycles. The molecule has 3 aromatic carbocycles. The minimum atomic E-state index is -3.73.